The van der Waals surface area contributed by atoms with Crippen molar-refractivity contribution >= 4 is 23.6 Å². The molecule has 4 atom stereocenters. The monoisotopic (exact) mass is 718 g/mol. The highest BCUT2D eigenvalue weighted by Gasteiger charge is 2.33. The summed E-state index contributed by atoms with van der Waals surface area (Å²) in [5.74, 6) is -1.05. The fraction of sp³-hybridized carbons (Fsp3) is 0.450. The fourth-order valence-corrected chi connectivity index (χ4v) is 5.86. The summed E-state index contributed by atoms with van der Waals surface area (Å²) in [6.45, 7) is 11.7. The van der Waals surface area contributed by atoms with Crippen molar-refractivity contribution in [3.8, 4) is 23.0 Å². The molecule has 1 aliphatic heterocycles. The summed E-state index contributed by atoms with van der Waals surface area (Å²) in [5.41, 5.74) is 1.22. The van der Waals surface area contributed by atoms with Gasteiger partial charge in [-0.2, -0.15) is 0 Å². The Morgan fingerprint density at radius 3 is 2.33 bits per heavy atom. The average Bonchev–Trinajstić information content (AvgIpc) is 3.08. The molecule has 52 heavy (non-hydrogen) atoms. The molecular formula is C40H51FN4O7. The van der Waals surface area contributed by atoms with Gasteiger partial charge in [-0.05, 0) is 74.9 Å². The molecule has 0 bridgehead atoms. The maximum Gasteiger partial charge on any atom is 0.255 e. The van der Waals surface area contributed by atoms with Crippen molar-refractivity contribution < 1.29 is 37.8 Å². The molecule has 0 aromatic heterocycles. The van der Waals surface area contributed by atoms with E-state index in [9.17, 15) is 23.6 Å². The van der Waals surface area contributed by atoms with Gasteiger partial charge in [-0.3, -0.25) is 19.2 Å². The highest BCUT2D eigenvalue weighted by atomic mass is 19.1. The Kier molecular flexibility index (Phi) is 14.0. The summed E-state index contributed by atoms with van der Waals surface area (Å²) < 4.78 is 32.1. The van der Waals surface area contributed by atoms with E-state index in [0.717, 1.165) is 5.56 Å². The number of hydrogen-bond donors (Lipinski definition) is 3. The number of aryl methyl sites for hydroxylation is 1. The van der Waals surface area contributed by atoms with Crippen LogP contribution in [-0.4, -0.2) is 73.0 Å². The molecule has 0 radical (unpaired) electrons. The predicted molar refractivity (Wildman–Crippen MR) is 196 cm³/mol. The van der Waals surface area contributed by atoms with Crippen LogP contribution in [0.1, 0.15) is 69.8 Å². The maximum absolute atomic E-state index is 14.2. The Hall–Kier alpha value is -5.13. The lowest BCUT2D eigenvalue weighted by atomic mass is 9.99. The topological polar surface area (TPSA) is 135 Å². The van der Waals surface area contributed by atoms with Crippen molar-refractivity contribution in [3.05, 3.63) is 83.7 Å². The third-order valence-electron chi connectivity index (χ3n) is 8.59. The van der Waals surface area contributed by atoms with E-state index in [1.54, 1.807) is 55.3 Å². The minimum atomic E-state index is -1.31. The number of fused-ring (bicyclic) bond motifs is 1. The zero-order valence-corrected chi connectivity index (χ0v) is 31.0. The lowest BCUT2D eigenvalue weighted by Gasteiger charge is -2.33. The number of nitrogens with one attached hydrogen (secondary N) is 3. The molecule has 3 N–H and O–H groups in total. The summed E-state index contributed by atoms with van der Waals surface area (Å²) in [6.07, 6.45) is 0.594. The molecule has 3 aromatic rings. The van der Waals surface area contributed by atoms with E-state index in [0.29, 0.717) is 24.3 Å². The molecule has 0 spiro atoms. The van der Waals surface area contributed by atoms with Gasteiger partial charge < -0.3 is 35.1 Å². The van der Waals surface area contributed by atoms with E-state index in [4.69, 9.17) is 14.2 Å². The van der Waals surface area contributed by atoms with Crippen molar-refractivity contribution in [2.24, 2.45) is 11.8 Å². The number of benzene rings is 3. The lowest BCUT2D eigenvalue weighted by molar-refractivity contribution is -0.138. The minimum absolute atomic E-state index is 0.0417. The van der Waals surface area contributed by atoms with E-state index in [1.807, 2.05) is 32.9 Å². The van der Waals surface area contributed by atoms with Gasteiger partial charge in [0.05, 0.1) is 24.1 Å². The Balaban J connectivity index is 1.54. The molecule has 12 heteroatoms. The van der Waals surface area contributed by atoms with E-state index in [2.05, 4.69) is 29.8 Å². The molecule has 0 aliphatic carbocycles. The van der Waals surface area contributed by atoms with E-state index < -0.39 is 48.1 Å². The van der Waals surface area contributed by atoms with E-state index >= 15 is 0 Å². The average molecular weight is 719 g/mol. The largest absolute Gasteiger partial charge is 0.491 e. The first-order valence-corrected chi connectivity index (χ1v) is 17.8. The van der Waals surface area contributed by atoms with Crippen molar-refractivity contribution in [2.75, 3.05) is 20.3 Å². The van der Waals surface area contributed by atoms with Crippen LogP contribution in [0.15, 0.2) is 66.7 Å². The number of halogens is 1. The van der Waals surface area contributed by atoms with Gasteiger partial charge in [0.1, 0.15) is 42.6 Å². The van der Waals surface area contributed by atoms with E-state index in [1.165, 1.54) is 18.2 Å². The highest BCUT2D eigenvalue weighted by molar-refractivity contribution is 6.01. The molecule has 11 nitrogen and oxygen atoms in total. The molecule has 1 aliphatic rings. The van der Waals surface area contributed by atoms with Gasteiger partial charge in [-0.15, -0.1) is 0 Å². The quantitative estimate of drug-likeness (QED) is 0.228. The normalized spacial score (nSPS) is 19.2. The van der Waals surface area contributed by atoms with Gasteiger partial charge in [0.2, 0.25) is 17.7 Å². The van der Waals surface area contributed by atoms with Crippen LogP contribution in [0.2, 0.25) is 0 Å². The van der Waals surface area contributed by atoms with Crippen LogP contribution in [0.4, 0.5) is 4.39 Å². The first-order valence-electron chi connectivity index (χ1n) is 17.8. The first-order chi connectivity index (χ1) is 24.7. The van der Waals surface area contributed by atoms with Crippen molar-refractivity contribution in [1.29, 1.82) is 0 Å². The smallest absolute Gasteiger partial charge is 0.255 e. The fourth-order valence-electron chi connectivity index (χ4n) is 5.86. The number of amides is 4. The van der Waals surface area contributed by atoms with Crippen LogP contribution >= 0.6 is 0 Å². The summed E-state index contributed by atoms with van der Waals surface area (Å²) in [7, 11) is 1.70. The molecule has 4 amide bonds. The Morgan fingerprint density at radius 1 is 0.942 bits per heavy atom. The second-order valence-electron chi connectivity index (χ2n) is 14.2. The Bertz CT molecular complexity index is 1700. The number of hydrogen-bond acceptors (Lipinski definition) is 7. The third kappa shape index (κ3) is 11.4. The molecule has 0 saturated heterocycles. The Labute approximate surface area is 305 Å². The number of ether oxygens (including phenoxy) is 3. The summed E-state index contributed by atoms with van der Waals surface area (Å²) in [5, 5.41) is 8.36. The number of rotatable bonds is 11. The molecule has 0 fully saturated rings. The zero-order chi connectivity index (χ0) is 37.9. The lowest BCUT2D eigenvalue weighted by Crippen LogP contribution is -2.55. The minimum Gasteiger partial charge on any atom is -0.491 e. The maximum atomic E-state index is 14.2. The van der Waals surface area contributed by atoms with Crippen molar-refractivity contribution in [2.45, 2.75) is 85.0 Å². The van der Waals surface area contributed by atoms with Crippen LogP contribution in [0.5, 0.6) is 23.0 Å². The molecule has 3 aromatic carbocycles. The first kappa shape index (κ1) is 39.7. The molecule has 4 rings (SSSR count). The van der Waals surface area contributed by atoms with Gasteiger partial charge in [0, 0.05) is 13.1 Å². The number of carbonyl (C=O) groups excluding carboxylic acids is 4. The van der Waals surface area contributed by atoms with Gasteiger partial charge in [-0.25, -0.2) is 4.39 Å². The van der Waals surface area contributed by atoms with Crippen LogP contribution in [0.3, 0.4) is 0 Å². The number of carbonyl (C=O) groups is 4. The highest BCUT2D eigenvalue weighted by Crippen LogP contribution is 2.32. The van der Waals surface area contributed by atoms with Crippen molar-refractivity contribution in [1.82, 2.24) is 20.9 Å². The number of likely N-dealkylation sites (N-methyl/N-ethyl adjacent to an activating group) is 1. The number of nitrogens with zero attached hydrogens (tertiary/aromatic N) is 1. The van der Waals surface area contributed by atoms with Crippen molar-refractivity contribution in [3.63, 3.8) is 0 Å². The second kappa shape index (κ2) is 18.4. The number of para-hydroxylation sites is 1. The zero-order valence-electron chi connectivity index (χ0n) is 31.0. The molecular weight excluding hydrogens is 667 g/mol. The van der Waals surface area contributed by atoms with Gasteiger partial charge in [0.15, 0.2) is 11.5 Å². The van der Waals surface area contributed by atoms with Crippen LogP contribution in [-0.2, 0) is 14.4 Å². The molecule has 280 valence electrons. The summed E-state index contributed by atoms with van der Waals surface area (Å²) in [4.78, 5) is 56.4. The third-order valence-corrected chi connectivity index (χ3v) is 8.59. The van der Waals surface area contributed by atoms with Gasteiger partial charge >= 0.3 is 0 Å². The van der Waals surface area contributed by atoms with Gasteiger partial charge in [-0.1, -0.05) is 57.5 Å². The molecule has 1 heterocycles. The van der Waals surface area contributed by atoms with Crippen LogP contribution in [0.25, 0.3) is 0 Å². The summed E-state index contributed by atoms with van der Waals surface area (Å²) >= 11 is 0. The predicted octanol–water partition coefficient (Wildman–Crippen LogP) is 5.80. The second-order valence-corrected chi connectivity index (χ2v) is 14.2. The summed E-state index contributed by atoms with van der Waals surface area (Å²) in [6, 6.07) is 14.7. The molecule has 0 saturated carbocycles. The Morgan fingerprint density at radius 2 is 1.63 bits per heavy atom. The molecule has 0 unspecified atom stereocenters. The van der Waals surface area contributed by atoms with Crippen LogP contribution in [0, 0.1) is 24.6 Å². The SMILES string of the molecule is Cc1ccc(Oc2cc(F)ccc2OC[C@@H](C)NC(=O)[C@@H]2CC(=O)N[C@H](CC(C)C)C(=O)N(C)[C@H](CC(C)C)COc3ccccc3C(=O)N2)cc1. The van der Waals surface area contributed by atoms with E-state index in [-0.39, 0.29) is 54.1 Å². The van der Waals surface area contributed by atoms with Gasteiger partial charge in [0.25, 0.3) is 5.91 Å². The van der Waals surface area contributed by atoms with Crippen LogP contribution < -0.4 is 30.2 Å². The standard InChI is InChI=1S/C40H51FN4O7/c1-24(2)18-29-23-51-34-11-9-8-10-31(34)38(47)44-32(21-37(46)43-33(19-25(3)4)40(49)45(29)7)39(48)42-27(6)22-50-35-17-14-28(41)20-36(35)52-30-15-12-26(5)13-16-30/h8-17,20,24-25,27,29,32-33H,18-19,21-23H2,1-7H3,(H,42,48)(H,43,46)(H,44,47)/t27-,29-,32+,33-/m1/s1.